The molecule has 0 saturated heterocycles. The van der Waals surface area contributed by atoms with Crippen LogP contribution >= 0.6 is 15.9 Å². The predicted octanol–water partition coefficient (Wildman–Crippen LogP) is 1.43. The highest BCUT2D eigenvalue weighted by atomic mass is 79.9. The standard InChI is InChI=1S/C16H18BrN3O3/c17-15-18-6-9-3-7(1-2-20(9)15)13(21)19-12-8-4-10-11(5-8)16(10,12)14(22)23/h6-8,10-12H,1-5H2,(H,19,21)(H,22,23). The minimum Gasteiger partial charge on any atom is -0.481 e. The summed E-state index contributed by atoms with van der Waals surface area (Å²) < 4.78 is 2.90. The normalized spacial score (nSPS) is 42.4. The fourth-order valence-electron chi connectivity index (χ4n) is 5.76. The molecule has 0 spiro atoms. The van der Waals surface area contributed by atoms with Crippen molar-refractivity contribution in [3.63, 3.8) is 0 Å². The van der Waals surface area contributed by atoms with E-state index in [0.717, 1.165) is 36.2 Å². The zero-order valence-corrected chi connectivity index (χ0v) is 14.1. The highest BCUT2D eigenvalue weighted by Crippen LogP contribution is 2.79. The Morgan fingerprint density at radius 2 is 2.13 bits per heavy atom. The number of amides is 1. The molecule has 1 aromatic heterocycles. The zero-order valence-electron chi connectivity index (χ0n) is 12.5. The number of hydrogen-bond donors (Lipinski definition) is 2. The van der Waals surface area contributed by atoms with Crippen molar-refractivity contribution in [1.82, 2.24) is 14.9 Å². The fraction of sp³-hybridized carbons (Fsp3) is 0.688. The van der Waals surface area contributed by atoms with Crippen LogP contribution < -0.4 is 5.32 Å². The van der Waals surface area contributed by atoms with Crippen LogP contribution in [-0.2, 0) is 22.6 Å². The van der Waals surface area contributed by atoms with Crippen molar-refractivity contribution in [2.24, 2.45) is 29.1 Å². The SMILES string of the molecule is O=C(NC1C2CC3C(C2)C31C(=O)O)C1CCn2c(cnc2Br)C1. The van der Waals surface area contributed by atoms with Gasteiger partial charge in [0.15, 0.2) is 4.73 Å². The van der Waals surface area contributed by atoms with E-state index in [-0.39, 0.29) is 17.9 Å². The number of aromatic nitrogens is 2. The van der Waals surface area contributed by atoms with Crippen LogP contribution in [0, 0.1) is 29.1 Å². The number of fused-ring (bicyclic) bond motifs is 1. The number of rotatable bonds is 3. The van der Waals surface area contributed by atoms with Gasteiger partial charge in [0.2, 0.25) is 5.91 Å². The summed E-state index contributed by atoms with van der Waals surface area (Å²) in [4.78, 5) is 28.7. The first-order valence-corrected chi connectivity index (χ1v) is 9.06. The van der Waals surface area contributed by atoms with Gasteiger partial charge in [-0.25, -0.2) is 4.98 Å². The Balaban J connectivity index is 1.33. The molecule has 6 rings (SSSR count). The third-order valence-corrected chi connectivity index (χ3v) is 7.42. The largest absolute Gasteiger partial charge is 0.481 e. The molecule has 4 saturated carbocycles. The van der Waals surface area contributed by atoms with Crippen molar-refractivity contribution in [3.05, 3.63) is 16.6 Å². The molecule has 4 atom stereocenters. The van der Waals surface area contributed by atoms with Crippen molar-refractivity contribution in [2.75, 3.05) is 0 Å². The lowest BCUT2D eigenvalue weighted by Gasteiger charge is -2.28. The summed E-state index contributed by atoms with van der Waals surface area (Å²) in [6.07, 6.45) is 5.22. The third-order valence-electron chi connectivity index (χ3n) is 6.79. The van der Waals surface area contributed by atoms with Gasteiger partial charge in [0.25, 0.3) is 0 Å². The molecule has 4 fully saturated rings. The van der Waals surface area contributed by atoms with Crippen molar-refractivity contribution < 1.29 is 14.7 Å². The molecule has 122 valence electrons. The predicted molar refractivity (Wildman–Crippen MR) is 83.4 cm³/mol. The molecule has 4 unspecified atom stereocenters. The van der Waals surface area contributed by atoms with E-state index in [1.54, 1.807) is 0 Å². The lowest BCUT2D eigenvalue weighted by atomic mass is 9.92. The van der Waals surface area contributed by atoms with Crippen LogP contribution in [0.25, 0.3) is 0 Å². The first-order chi connectivity index (χ1) is 11.0. The van der Waals surface area contributed by atoms with Crippen molar-refractivity contribution in [2.45, 2.75) is 38.3 Å². The van der Waals surface area contributed by atoms with E-state index >= 15 is 0 Å². The maximum Gasteiger partial charge on any atom is 0.312 e. The summed E-state index contributed by atoms with van der Waals surface area (Å²) in [5.41, 5.74) is 0.427. The molecule has 1 amide bonds. The second-order valence-corrected chi connectivity index (χ2v) is 8.24. The number of nitrogens with zero attached hydrogens (tertiary/aromatic N) is 2. The van der Waals surface area contributed by atoms with Crippen LogP contribution in [0.1, 0.15) is 25.0 Å². The fourth-order valence-corrected chi connectivity index (χ4v) is 6.27. The van der Waals surface area contributed by atoms with Gasteiger partial charge < -0.3 is 15.0 Å². The number of carboxylic acid groups (broad SMARTS) is 1. The monoisotopic (exact) mass is 379 g/mol. The Hall–Kier alpha value is -1.37. The van der Waals surface area contributed by atoms with E-state index in [0.29, 0.717) is 24.2 Å². The molecule has 0 aromatic carbocycles. The minimum absolute atomic E-state index is 0.0254. The Morgan fingerprint density at radius 3 is 2.83 bits per heavy atom. The number of carbonyl (C=O) groups is 2. The molecule has 2 heterocycles. The Labute approximate surface area is 141 Å². The van der Waals surface area contributed by atoms with Crippen LogP contribution in [0.15, 0.2) is 10.9 Å². The second kappa shape index (κ2) is 4.37. The number of aliphatic carboxylic acids is 1. The van der Waals surface area contributed by atoms with Gasteiger partial charge in [-0.3, -0.25) is 9.59 Å². The number of carbonyl (C=O) groups excluding carboxylic acids is 1. The number of imidazole rings is 1. The second-order valence-electron chi connectivity index (χ2n) is 7.53. The topological polar surface area (TPSA) is 84.2 Å². The summed E-state index contributed by atoms with van der Waals surface area (Å²) in [6.45, 7) is 0.775. The van der Waals surface area contributed by atoms with E-state index in [1.165, 1.54) is 0 Å². The van der Waals surface area contributed by atoms with Crippen LogP contribution in [-0.4, -0.2) is 32.6 Å². The average Bonchev–Trinajstić information content (AvgIpc) is 2.99. The van der Waals surface area contributed by atoms with Crippen LogP contribution in [0.5, 0.6) is 0 Å². The quantitative estimate of drug-likeness (QED) is 0.831. The van der Waals surface area contributed by atoms with Gasteiger partial charge in [-0.2, -0.15) is 0 Å². The lowest BCUT2D eigenvalue weighted by molar-refractivity contribution is -0.145. The summed E-state index contributed by atoms with van der Waals surface area (Å²) in [5.74, 6) is 0.221. The molecule has 1 aliphatic heterocycles. The molecular weight excluding hydrogens is 362 g/mol. The molecule has 4 aliphatic carbocycles. The van der Waals surface area contributed by atoms with Crippen LogP contribution in [0.3, 0.4) is 0 Å². The molecule has 6 nitrogen and oxygen atoms in total. The Kier molecular flexibility index (Phi) is 2.67. The number of halogens is 1. The molecule has 5 aliphatic rings. The molecule has 4 bridgehead atoms. The van der Waals surface area contributed by atoms with E-state index in [1.807, 2.05) is 6.20 Å². The van der Waals surface area contributed by atoms with Gasteiger partial charge in [0, 0.05) is 36.8 Å². The summed E-state index contributed by atoms with van der Waals surface area (Å²) in [6, 6.07) is -0.152. The first kappa shape index (κ1) is 14.0. The minimum atomic E-state index is -0.705. The molecule has 7 heteroatoms. The first-order valence-electron chi connectivity index (χ1n) is 8.27. The molecule has 1 aromatic rings. The number of carboxylic acids is 1. The van der Waals surface area contributed by atoms with Gasteiger partial charge >= 0.3 is 5.97 Å². The highest BCUT2D eigenvalue weighted by molar-refractivity contribution is 9.10. The maximum atomic E-state index is 12.7. The molecule has 0 radical (unpaired) electrons. The third kappa shape index (κ3) is 1.61. The Bertz CT molecular complexity index is 718. The van der Waals surface area contributed by atoms with E-state index < -0.39 is 11.4 Å². The van der Waals surface area contributed by atoms with Crippen molar-refractivity contribution in [1.29, 1.82) is 0 Å². The zero-order chi connectivity index (χ0) is 15.9. The summed E-state index contributed by atoms with van der Waals surface area (Å²) in [5, 5.41) is 12.8. The maximum absolute atomic E-state index is 12.7. The van der Waals surface area contributed by atoms with E-state index in [9.17, 15) is 14.7 Å². The summed E-state index contributed by atoms with van der Waals surface area (Å²) in [7, 11) is 0. The molecule has 23 heavy (non-hydrogen) atoms. The van der Waals surface area contributed by atoms with Crippen molar-refractivity contribution in [3.8, 4) is 0 Å². The molecule has 2 N–H and O–H groups in total. The van der Waals surface area contributed by atoms with Gasteiger partial charge in [-0.05, 0) is 52.9 Å². The Morgan fingerprint density at radius 1 is 1.39 bits per heavy atom. The number of nitrogens with one attached hydrogen (secondary N) is 1. The van der Waals surface area contributed by atoms with Crippen LogP contribution in [0.4, 0.5) is 0 Å². The van der Waals surface area contributed by atoms with Gasteiger partial charge in [0.05, 0.1) is 5.41 Å². The van der Waals surface area contributed by atoms with Gasteiger partial charge in [-0.1, -0.05) is 0 Å². The molecular formula is C16H18BrN3O3. The van der Waals surface area contributed by atoms with Crippen LogP contribution in [0.2, 0.25) is 0 Å². The average molecular weight is 380 g/mol. The lowest BCUT2D eigenvalue weighted by Crippen LogP contribution is -2.48. The smallest absolute Gasteiger partial charge is 0.312 e. The highest BCUT2D eigenvalue weighted by Gasteiger charge is 2.83. The summed E-state index contributed by atoms with van der Waals surface area (Å²) >= 11 is 3.42. The van der Waals surface area contributed by atoms with Gasteiger partial charge in [-0.15, -0.1) is 0 Å². The number of hydrogen-bond acceptors (Lipinski definition) is 3. The van der Waals surface area contributed by atoms with Gasteiger partial charge in [0.1, 0.15) is 0 Å². The van der Waals surface area contributed by atoms with E-state index in [4.69, 9.17) is 0 Å². The van der Waals surface area contributed by atoms with Crippen molar-refractivity contribution >= 4 is 27.8 Å². The van der Waals surface area contributed by atoms with E-state index in [2.05, 4.69) is 30.8 Å².